The van der Waals surface area contributed by atoms with Crippen LogP contribution in [0.1, 0.15) is 23.1 Å². The molecule has 0 saturated carbocycles. The second-order valence-electron chi connectivity index (χ2n) is 6.91. The number of likely N-dealkylation sites (tertiary alicyclic amines) is 1. The van der Waals surface area contributed by atoms with Gasteiger partial charge in [-0.15, -0.1) is 0 Å². The number of nitriles is 1. The van der Waals surface area contributed by atoms with E-state index in [2.05, 4.69) is 7.05 Å². The smallest absolute Gasteiger partial charge is 0.358 e. The molecule has 1 N–H and O–H groups in total. The zero-order valence-corrected chi connectivity index (χ0v) is 15.6. The third-order valence-corrected chi connectivity index (χ3v) is 5.31. The van der Waals surface area contributed by atoms with Gasteiger partial charge in [-0.25, -0.2) is 0 Å². The molecule has 0 radical (unpaired) electrons. The van der Waals surface area contributed by atoms with Gasteiger partial charge >= 0.3 is 6.18 Å². The number of nitrogens with one attached hydrogen (secondary N) is 1. The van der Waals surface area contributed by atoms with Gasteiger partial charge in [0, 0.05) is 18.7 Å². The minimum absolute atomic E-state index is 0.107. The van der Waals surface area contributed by atoms with Crippen LogP contribution in [0, 0.1) is 11.3 Å². The summed E-state index contributed by atoms with van der Waals surface area (Å²) in [5, 5.41) is 9.39. The fraction of sp³-hybridized carbons (Fsp3) is 0.350. The lowest BCUT2D eigenvalue weighted by Crippen LogP contribution is -3.07. The number of likely N-dealkylation sites (N-methyl/N-ethyl adjacent to an activating group) is 1. The number of hydrogen-bond acceptors (Lipinski definition) is 2. The van der Waals surface area contributed by atoms with Crippen molar-refractivity contribution in [1.29, 1.82) is 5.26 Å². The van der Waals surface area contributed by atoms with Crippen molar-refractivity contribution in [2.24, 2.45) is 0 Å². The molecule has 27 heavy (non-hydrogen) atoms. The van der Waals surface area contributed by atoms with Gasteiger partial charge in [-0.1, -0.05) is 29.8 Å². The number of halogens is 4. The van der Waals surface area contributed by atoms with Gasteiger partial charge in [0.2, 0.25) is 0 Å². The zero-order chi connectivity index (χ0) is 19.6. The van der Waals surface area contributed by atoms with Crippen molar-refractivity contribution in [3.05, 3.63) is 64.2 Å². The number of quaternary nitrogens is 1. The Kier molecular flexibility index (Phi) is 5.64. The lowest BCUT2D eigenvalue weighted by molar-refractivity contribution is -0.866. The Morgan fingerprint density at radius 1 is 1.26 bits per heavy atom. The minimum atomic E-state index is -4.40. The molecule has 2 atom stereocenters. The summed E-state index contributed by atoms with van der Waals surface area (Å²) in [4.78, 5) is 3.32. The number of benzene rings is 2. The van der Waals surface area contributed by atoms with Gasteiger partial charge < -0.3 is 9.80 Å². The van der Waals surface area contributed by atoms with Crippen LogP contribution in [0.2, 0.25) is 5.02 Å². The SMILES string of the molecule is C[NH+]1CC[C@H](N(Cc2ccccc2C(F)(F)F)c2ccc(C#N)c(Cl)c2)C1. The van der Waals surface area contributed by atoms with Gasteiger partial charge in [0.15, 0.2) is 0 Å². The van der Waals surface area contributed by atoms with Crippen LogP contribution >= 0.6 is 11.6 Å². The summed E-state index contributed by atoms with van der Waals surface area (Å²) < 4.78 is 40.3. The van der Waals surface area contributed by atoms with Crippen LogP contribution in [0.3, 0.4) is 0 Å². The average molecular weight is 395 g/mol. The van der Waals surface area contributed by atoms with Crippen molar-refractivity contribution in [3.63, 3.8) is 0 Å². The largest absolute Gasteiger partial charge is 0.416 e. The maximum atomic E-state index is 13.4. The van der Waals surface area contributed by atoms with Crippen LogP contribution in [0.15, 0.2) is 42.5 Å². The van der Waals surface area contributed by atoms with Crippen molar-refractivity contribution in [1.82, 2.24) is 0 Å². The van der Waals surface area contributed by atoms with E-state index in [1.807, 2.05) is 11.0 Å². The Morgan fingerprint density at radius 3 is 2.59 bits per heavy atom. The molecule has 0 aliphatic carbocycles. The molecule has 1 aliphatic heterocycles. The summed E-state index contributed by atoms with van der Waals surface area (Å²) in [7, 11) is 2.08. The summed E-state index contributed by atoms with van der Waals surface area (Å²) >= 11 is 6.18. The van der Waals surface area contributed by atoms with E-state index in [4.69, 9.17) is 16.9 Å². The highest BCUT2D eigenvalue weighted by Gasteiger charge is 2.35. The molecule has 1 saturated heterocycles. The maximum absolute atomic E-state index is 13.4. The number of anilines is 1. The van der Waals surface area contributed by atoms with Crippen LogP contribution in [-0.4, -0.2) is 26.2 Å². The fourth-order valence-corrected chi connectivity index (χ4v) is 3.83. The highest BCUT2D eigenvalue weighted by molar-refractivity contribution is 6.32. The van der Waals surface area contributed by atoms with E-state index in [1.54, 1.807) is 24.3 Å². The molecule has 0 spiro atoms. The highest BCUT2D eigenvalue weighted by Crippen LogP contribution is 2.34. The van der Waals surface area contributed by atoms with Crippen LogP contribution in [0.4, 0.5) is 18.9 Å². The first-order chi connectivity index (χ1) is 12.8. The molecule has 1 heterocycles. The normalized spacial score (nSPS) is 19.7. The first-order valence-electron chi connectivity index (χ1n) is 8.72. The summed E-state index contributed by atoms with van der Waals surface area (Å²) in [5.41, 5.74) is 0.698. The van der Waals surface area contributed by atoms with Crippen molar-refractivity contribution >= 4 is 17.3 Å². The molecular formula is C20H20ClF3N3+. The average Bonchev–Trinajstić information content (AvgIpc) is 3.05. The van der Waals surface area contributed by atoms with Crippen LogP contribution in [0.25, 0.3) is 0 Å². The fourth-order valence-electron chi connectivity index (χ4n) is 3.61. The monoisotopic (exact) mass is 394 g/mol. The van der Waals surface area contributed by atoms with E-state index >= 15 is 0 Å². The Labute approximate surface area is 161 Å². The van der Waals surface area contributed by atoms with E-state index in [9.17, 15) is 13.2 Å². The Balaban J connectivity index is 2.00. The van der Waals surface area contributed by atoms with Gasteiger partial charge in [0.1, 0.15) is 6.07 Å². The highest BCUT2D eigenvalue weighted by atomic mass is 35.5. The molecule has 0 bridgehead atoms. The summed E-state index contributed by atoms with van der Waals surface area (Å²) in [5.74, 6) is 0. The molecule has 142 valence electrons. The standard InChI is InChI=1S/C20H19ClF3N3/c1-26-9-8-17(13-26)27(16-7-6-14(11-25)19(21)10-16)12-15-4-2-3-5-18(15)20(22,23)24/h2-7,10,17H,8-9,12-13H2,1H3/p+1/t17-/m0/s1. The van der Waals surface area contributed by atoms with Crippen molar-refractivity contribution in [2.45, 2.75) is 25.2 Å². The first-order valence-corrected chi connectivity index (χ1v) is 9.10. The second kappa shape index (κ2) is 7.79. The lowest BCUT2D eigenvalue weighted by atomic mass is 10.0. The molecule has 7 heteroatoms. The van der Waals surface area contributed by atoms with E-state index < -0.39 is 11.7 Å². The van der Waals surface area contributed by atoms with E-state index in [0.29, 0.717) is 10.6 Å². The predicted octanol–water partition coefficient (Wildman–Crippen LogP) is 3.52. The van der Waals surface area contributed by atoms with Gasteiger partial charge in [-0.05, 0) is 29.8 Å². The number of rotatable bonds is 4. The Bertz CT molecular complexity index is 860. The molecule has 3 nitrogen and oxygen atoms in total. The van der Waals surface area contributed by atoms with Gasteiger partial charge in [0.25, 0.3) is 0 Å². The van der Waals surface area contributed by atoms with Crippen molar-refractivity contribution in [3.8, 4) is 6.07 Å². The van der Waals surface area contributed by atoms with E-state index in [1.165, 1.54) is 17.0 Å². The molecule has 2 aromatic rings. The van der Waals surface area contributed by atoms with Gasteiger partial charge in [-0.3, -0.25) is 0 Å². The first kappa shape index (κ1) is 19.5. The van der Waals surface area contributed by atoms with E-state index in [-0.39, 0.29) is 18.2 Å². The minimum Gasteiger partial charge on any atom is -0.358 e. The lowest BCUT2D eigenvalue weighted by Gasteiger charge is -2.31. The molecule has 0 amide bonds. The van der Waals surface area contributed by atoms with Crippen molar-refractivity contribution in [2.75, 3.05) is 25.0 Å². The molecule has 3 rings (SSSR count). The third kappa shape index (κ3) is 4.37. The van der Waals surface area contributed by atoms with Gasteiger partial charge in [0.05, 0.1) is 42.3 Å². The van der Waals surface area contributed by atoms with Crippen LogP contribution in [0.5, 0.6) is 0 Å². The number of hydrogen-bond donors (Lipinski definition) is 1. The van der Waals surface area contributed by atoms with Crippen molar-refractivity contribution < 1.29 is 18.1 Å². The second-order valence-corrected chi connectivity index (χ2v) is 7.32. The molecule has 1 unspecified atom stereocenters. The molecule has 0 aromatic heterocycles. The Hall–Kier alpha value is -2.23. The van der Waals surface area contributed by atoms with Crippen LogP contribution < -0.4 is 9.80 Å². The zero-order valence-electron chi connectivity index (χ0n) is 14.9. The molecular weight excluding hydrogens is 375 g/mol. The molecule has 2 aromatic carbocycles. The predicted molar refractivity (Wildman–Crippen MR) is 98.8 cm³/mol. The van der Waals surface area contributed by atoms with Gasteiger partial charge in [-0.2, -0.15) is 18.4 Å². The number of nitrogens with zero attached hydrogens (tertiary/aromatic N) is 2. The van der Waals surface area contributed by atoms with Crippen LogP contribution in [-0.2, 0) is 12.7 Å². The summed E-state index contributed by atoms with van der Waals surface area (Å²) in [6, 6.07) is 12.8. The summed E-state index contributed by atoms with van der Waals surface area (Å²) in [6.45, 7) is 1.94. The Morgan fingerprint density at radius 2 is 2.00 bits per heavy atom. The van der Waals surface area contributed by atoms with E-state index in [0.717, 1.165) is 31.3 Å². The molecule has 1 fully saturated rings. The molecule has 1 aliphatic rings. The quantitative estimate of drug-likeness (QED) is 0.860. The maximum Gasteiger partial charge on any atom is 0.416 e. The topological polar surface area (TPSA) is 31.5 Å². The third-order valence-electron chi connectivity index (χ3n) is 5.00. The number of alkyl halides is 3. The summed E-state index contributed by atoms with van der Waals surface area (Å²) in [6.07, 6.45) is -3.51.